The summed E-state index contributed by atoms with van der Waals surface area (Å²) in [6.45, 7) is 3.28. The molecule has 2 nitrogen and oxygen atoms in total. The molecular weight excluding hydrogens is 158 g/mol. The molecule has 0 saturated heterocycles. The first-order valence-corrected chi connectivity index (χ1v) is 4.55. The van der Waals surface area contributed by atoms with Gasteiger partial charge in [0.1, 0.15) is 0 Å². The lowest BCUT2D eigenvalue weighted by atomic mass is 10.2. The van der Waals surface area contributed by atoms with Crippen molar-refractivity contribution in [1.29, 1.82) is 0 Å². The fourth-order valence-electron chi connectivity index (χ4n) is 0.764. The smallest absolute Gasteiger partial charge is 0.177 e. The summed E-state index contributed by atoms with van der Waals surface area (Å²) in [5, 5.41) is 6.78. The van der Waals surface area contributed by atoms with Crippen LogP contribution in [0.1, 0.15) is 17.3 Å². The van der Waals surface area contributed by atoms with E-state index in [4.69, 9.17) is 0 Å². The van der Waals surface area contributed by atoms with E-state index in [-0.39, 0.29) is 5.78 Å². The zero-order valence-corrected chi connectivity index (χ0v) is 7.28. The summed E-state index contributed by atoms with van der Waals surface area (Å²) in [5.74, 6) is 0.174. The Morgan fingerprint density at radius 1 is 1.73 bits per heavy atom. The fourth-order valence-corrected chi connectivity index (χ4v) is 1.42. The third-order valence-corrected chi connectivity index (χ3v) is 2.06. The van der Waals surface area contributed by atoms with Crippen LogP contribution < -0.4 is 5.32 Å². The monoisotopic (exact) mass is 169 g/mol. The zero-order valence-electron chi connectivity index (χ0n) is 6.46. The quantitative estimate of drug-likeness (QED) is 0.693. The summed E-state index contributed by atoms with van der Waals surface area (Å²) in [6.07, 6.45) is 0. The first-order chi connectivity index (χ1) is 5.34. The van der Waals surface area contributed by atoms with Gasteiger partial charge in [0.25, 0.3) is 0 Å². The minimum absolute atomic E-state index is 0.174. The lowest BCUT2D eigenvalue weighted by molar-refractivity contribution is 0.0992. The van der Waals surface area contributed by atoms with Crippen LogP contribution in [0.2, 0.25) is 0 Å². The highest BCUT2D eigenvalue weighted by Crippen LogP contribution is 2.05. The third-order valence-electron chi connectivity index (χ3n) is 1.38. The number of carbonyl (C=O) groups excluding carboxylic acids is 1. The molecule has 0 aliphatic rings. The number of ketones is 1. The second-order valence-corrected chi connectivity index (χ2v) is 3.00. The highest BCUT2D eigenvalue weighted by Gasteiger charge is 2.03. The highest BCUT2D eigenvalue weighted by molar-refractivity contribution is 7.08. The standard InChI is InChI=1S/C8H11NOS/c1-2-9-5-8(10)7-3-4-11-6-7/h3-4,6,9H,2,5H2,1H3. The van der Waals surface area contributed by atoms with Gasteiger partial charge in [-0.25, -0.2) is 0 Å². The highest BCUT2D eigenvalue weighted by atomic mass is 32.1. The number of thiophene rings is 1. The second kappa shape index (κ2) is 4.26. The van der Waals surface area contributed by atoms with Crippen molar-refractivity contribution in [3.05, 3.63) is 22.4 Å². The number of hydrogen-bond acceptors (Lipinski definition) is 3. The Morgan fingerprint density at radius 3 is 3.09 bits per heavy atom. The Bertz CT molecular complexity index is 218. The number of carbonyl (C=O) groups is 1. The molecule has 0 spiro atoms. The molecule has 0 radical (unpaired) electrons. The van der Waals surface area contributed by atoms with E-state index in [0.717, 1.165) is 12.1 Å². The molecule has 3 heteroatoms. The molecule has 0 atom stereocenters. The first-order valence-electron chi connectivity index (χ1n) is 3.60. The average molecular weight is 169 g/mol. The molecular formula is C8H11NOS. The van der Waals surface area contributed by atoms with E-state index in [1.807, 2.05) is 23.8 Å². The summed E-state index contributed by atoms with van der Waals surface area (Å²) in [4.78, 5) is 11.2. The molecule has 11 heavy (non-hydrogen) atoms. The maximum absolute atomic E-state index is 11.2. The molecule has 0 aliphatic carbocycles. The molecule has 1 N–H and O–H groups in total. The van der Waals surface area contributed by atoms with Crippen LogP contribution in [0.25, 0.3) is 0 Å². The molecule has 1 aromatic heterocycles. The maximum Gasteiger partial charge on any atom is 0.177 e. The maximum atomic E-state index is 11.2. The molecule has 0 aliphatic heterocycles. The van der Waals surface area contributed by atoms with E-state index in [1.165, 1.54) is 0 Å². The molecule has 0 amide bonds. The van der Waals surface area contributed by atoms with Crippen molar-refractivity contribution in [2.24, 2.45) is 0 Å². The normalized spacial score (nSPS) is 9.91. The minimum atomic E-state index is 0.174. The van der Waals surface area contributed by atoms with Gasteiger partial charge in [0.15, 0.2) is 5.78 Å². The van der Waals surface area contributed by atoms with Gasteiger partial charge in [-0.05, 0) is 18.0 Å². The van der Waals surface area contributed by atoms with E-state index in [9.17, 15) is 4.79 Å². The van der Waals surface area contributed by atoms with Gasteiger partial charge in [-0.1, -0.05) is 6.92 Å². The zero-order chi connectivity index (χ0) is 8.10. The third kappa shape index (κ3) is 2.44. The van der Waals surface area contributed by atoms with Crippen molar-refractivity contribution in [1.82, 2.24) is 5.32 Å². The van der Waals surface area contributed by atoms with Crippen LogP contribution in [0.5, 0.6) is 0 Å². The van der Waals surface area contributed by atoms with Gasteiger partial charge in [-0.15, -0.1) is 0 Å². The van der Waals surface area contributed by atoms with Crippen LogP contribution in [-0.2, 0) is 0 Å². The van der Waals surface area contributed by atoms with Crippen LogP contribution in [-0.4, -0.2) is 18.9 Å². The summed E-state index contributed by atoms with van der Waals surface area (Å²) in [7, 11) is 0. The van der Waals surface area contributed by atoms with Gasteiger partial charge in [0.2, 0.25) is 0 Å². The van der Waals surface area contributed by atoms with Crippen LogP contribution >= 0.6 is 11.3 Å². The summed E-state index contributed by atoms with van der Waals surface area (Å²) < 4.78 is 0. The predicted molar refractivity (Wildman–Crippen MR) is 47.2 cm³/mol. The minimum Gasteiger partial charge on any atom is -0.310 e. The number of likely N-dealkylation sites (N-methyl/N-ethyl adjacent to an activating group) is 1. The van der Waals surface area contributed by atoms with E-state index in [1.54, 1.807) is 11.3 Å². The topological polar surface area (TPSA) is 29.1 Å². The lowest BCUT2D eigenvalue weighted by Crippen LogP contribution is -2.21. The van der Waals surface area contributed by atoms with Crippen molar-refractivity contribution in [2.45, 2.75) is 6.92 Å². The van der Waals surface area contributed by atoms with Crippen molar-refractivity contribution < 1.29 is 4.79 Å². The van der Waals surface area contributed by atoms with Crippen LogP contribution in [0.4, 0.5) is 0 Å². The second-order valence-electron chi connectivity index (χ2n) is 2.22. The molecule has 60 valence electrons. The van der Waals surface area contributed by atoms with Gasteiger partial charge >= 0.3 is 0 Å². The van der Waals surface area contributed by atoms with Gasteiger partial charge < -0.3 is 5.32 Å². The molecule has 1 aromatic rings. The number of rotatable bonds is 4. The Morgan fingerprint density at radius 2 is 2.55 bits per heavy atom. The fraction of sp³-hybridized carbons (Fsp3) is 0.375. The van der Waals surface area contributed by atoms with Gasteiger partial charge in [-0.3, -0.25) is 4.79 Å². The SMILES string of the molecule is CCNCC(=O)c1ccsc1. The summed E-state index contributed by atoms with van der Waals surface area (Å²) in [5.41, 5.74) is 0.816. The van der Waals surface area contributed by atoms with Gasteiger partial charge in [-0.2, -0.15) is 11.3 Å². The number of hydrogen-bond donors (Lipinski definition) is 1. The Hall–Kier alpha value is -0.670. The van der Waals surface area contributed by atoms with Crippen LogP contribution in [0.15, 0.2) is 16.8 Å². The van der Waals surface area contributed by atoms with Crippen molar-refractivity contribution in [2.75, 3.05) is 13.1 Å². The van der Waals surface area contributed by atoms with Crippen molar-refractivity contribution in [3.8, 4) is 0 Å². The Labute approximate surface area is 70.2 Å². The van der Waals surface area contributed by atoms with Crippen LogP contribution in [0, 0.1) is 0 Å². The van der Waals surface area contributed by atoms with Crippen molar-refractivity contribution >= 4 is 17.1 Å². The molecule has 1 heterocycles. The molecule has 0 fully saturated rings. The van der Waals surface area contributed by atoms with E-state index in [2.05, 4.69) is 5.32 Å². The number of Topliss-reactive ketones (excluding diaryl/α,β-unsaturated/α-hetero) is 1. The lowest BCUT2D eigenvalue weighted by Gasteiger charge is -1.96. The van der Waals surface area contributed by atoms with E-state index in [0.29, 0.717) is 6.54 Å². The average Bonchev–Trinajstić information content (AvgIpc) is 2.52. The van der Waals surface area contributed by atoms with Gasteiger partial charge in [0, 0.05) is 10.9 Å². The van der Waals surface area contributed by atoms with Crippen molar-refractivity contribution in [3.63, 3.8) is 0 Å². The molecule has 0 bridgehead atoms. The molecule has 0 aromatic carbocycles. The van der Waals surface area contributed by atoms with Gasteiger partial charge in [0.05, 0.1) is 6.54 Å². The summed E-state index contributed by atoms with van der Waals surface area (Å²) in [6, 6.07) is 1.85. The number of nitrogens with one attached hydrogen (secondary N) is 1. The van der Waals surface area contributed by atoms with E-state index >= 15 is 0 Å². The molecule has 1 rings (SSSR count). The molecule has 0 unspecified atom stereocenters. The predicted octanol–water partition coefficient (Wildman–Crippen LogP) is 1.54. The molecule has 0 saturated carbocycles. The summed E-state index contributed by atoms with van der Waals surface area (Å²) >= 11 is 1.55. The Balaban J connectivity index is 2.43. The van der Waals surface area contributed by atoms with Crippen LogP contribution in [0.3, 0.4) is 0 Å². The Kier molecular flexibility index (Phi) is 3.26. The largest absolute Gasteiger partial charge is 0.310 e. The first kappa shape index (κ1) is 8.43. The van der Waals surface area contributed by atoms with E-state index < -0.39 is 0 Å².